The maximum atomic E-state index is 12.8. The van der Waals surface area contributed by atoms with E-state index in [1.165, 1.54) is 4.90 Å². The number of imide groups is 1. The van der Waals surface area contributed by atoms with Crippen molar-refractivity contribution in [1.82, 2.24) is 4.90 Å². The number of nitrogens with one attached hydrogen (secondary N) is 1. The van der Waals surface area contributed by atoms with Crippen LogP contribution in [0, 0.1) is 35.5 Å². The predicted molar refractivity (Wildman–Crippen MR) is 96.1 cm³/mol. The highest BCUT2D eigenvalue weighted by atomic mass is 35.5. The third kappa shape index (κ3) is 2.33. The van der Waals surface area contributed by atoms with Crippen LogP contribution in [-0.4, -0.2) is 29.2 Å². The SMILES string of the molecule is O=C(CCN1C(=O)[C@@H]2[C@H]3C=C[C@@H]([C@@H]4C[C@@H]34)[C@@H]2C1=O)Nc1cccc(Cl)c1. The highest BCUT2D eigenvalue weighted by Gasteiger charge is 2.66. The van der Waals surface area contributed by atoms with Gasteiger partial charge in [0, 0.05) is 23.7 Å². The molecule has 0 spiro atoms. The molecule has 1 aliphatic heterocycles. The Kier molecular flexibility index (Phi) is 3.51. The van der Waals surface area contributed by atoms with Crippen molar-refractivity contribution in [2.24, 2.45) is 35.5 Å². The summed E-state index contributed by atoms with van der Waals surface area (Å²) in [5, 5.41) is 3.30. The molecule has 4 aliphatic carbocycles. The molecule has 1 aromatic rings. The first-order valence-corrected chi connectivity index (χ1v) is 9.51. The van der Waals surface area contributed by atoms with Crippen molar-refractivity contribution >= 4 is 35.0 Å². The molecule has 3 amide bonds. The molecule has 6 atom stereocenters. The normalized spacial score (nSPS) is 36.1. The van der Waals surface area contributed by atoms with E-state index in [0.29, 0.717) is 22.5 Å². The Morgan fingerprint density at radius 2 is 1.77 bits per heavy atom. The lowest BCUT2D eigenvalue weighted by atomic mass is 9.63. The molecule has 0 radical (unpaired) electrons. The van der Waals surface area contributed by atoms with E-state index in [1.807, 2.05) is 0 Å². The van der Waals surface area contributed by atoms with Crippen LogP contribution in [0.15, 0.2) is 36.4 Å². The van der Waals surface area contributed by atoms with E-state index in [4.69, 9.17) is 11.6 Å². The number of nitrogens with zero attached hydrogens (tertiary/aromatic N) is 1. The molecule has 1 saturated heterocycles. The summed E-state index contributed by atoms with van der Waals surface area (Å²) in [5.41, 5.74) is 0.609. The van der Waals surface area contributed by atoms with E-state index in [0.717, 1.165) is 6.42 Å². The molecule has 1 N–H and O–H groups in total. The lowest BCUT2D eigenvalue weighted by Gasteiger charge is -2.37. The zero-order chi connectivity index (χ0) is 18.0. The molecule has 5 nitrogen and oxygen atoms in total. The molecule has 1 aromatic carbocycles. The summed E-state index contributed by atoms with van der Waals surface area (Å²) in [5.74, 6) is 0.832. The molecule has 134 valence electrons. The topological polar surface area (TPSA) is 66.5 Å². The van der Waals surface area contributed by atoms with E-state index in [-0.39, 0.29) is 54.4 Å². The number of benzene rings is 1. The van der Waals surface area contributed by atoms with Crippen LogP contribution in [0.3, 0.4) is 0 Å². The molecule has 6 rings (SSSR count). The first kappa shape index (κ1) is 16.1. The van der Waals surface area contributed by atoms with E-state index in [1.54, 1.807) is 24.3 Å². The third-order valence-electron chi connectivity index (χ3n) is 6.42. The van der Waals surface area contributed by atoms with Gasteiger partial charge in [0.2, 0.25) is 17.7 Å². The highest BCUT2D eigenvalue weighted by Crippen LogP contribution is 2.65. The number of carbonyl (C=O) groups excluding carboxylic acids is 3. The largest absolute Gasteiger partial charge is 0.326 e. The molecular formula is C20H19ClN2O3. The van der Waals surface area contributed by atoms with Gasteiger partial charge in [-0.15, -0.1) is 0 Å². The maximum Gasteiger partial charge on any atom is 0.233 e. The number of hydrogen-bond donors (Lipinski definition) is 1. The van der Waals surface area contributed by atoms with Gasteiger partial charge in [-0.2, -0.15) is 0 Å². The van der Waals surface area contributed by atoms with Gasteiger partial charge in [0.15, 0.2) is 0 Å². The van der Waals surface area contributed by atoms with Crippen LogP contribution in [0.5, 0.6) is 0 Å². The van der Waals surface area contributed by atoms with Crippen LogP contribution in [0.4, 0.5) is 5.69 Å². The second kappa shape index (κ2) is 5.68. The average Bonchev–Trinajstić information content (AvgIpc) is 3.39. The number of likely N-dealkylation sites (tertiary alicyclic amines) is 1. The number of allylic oxidation sites excluding steroid dienone is 2. The summed E-state index contributed by atoms with van der Waals surface area (Å²) < 4.78 is 0. The van der Waals surface area contributed by atoms with Crippen LogP contribution in [-0.2, 0) is 14.4 Å². The van der Waals surface area contributed by atoms with Crippen LogP contribution < -0.4 is 5.32 Å². The molecule has 26 heavy (non-hydrogen) atoms. The Morgan fingerprint density at radius 1 is 1.12 bits per heavy atom. The standard InChI is InChI=1S/C20H19ClN2O3/c21-10-2-1-3-11(8-10)22-16(24)6-7-23-19(25)17-12-4-5-13(15-9-14(12)15)18(17)20(23)26/h1-5,8,12-15,17-18H,6-7,9H2,(H,22,24)/t12-,13-,14-,15-,17-,18+/m0/s1. The molecular weight excluding hydrogens is 352 g/mol. The zero-order valence-electron chi connectivity index (χ0n) is 14.1. The smallest absolute Gasteiger partial charge is 0.233 e. The van der Waals surface area contributed by atoms with Gasteiger partial charge in [0.05, 0.1) is 11.8 Å². The van der Waals surface area contributed by atoms with Gasteiger partial charge >= 0.3 is 0 Å². The summed E-state index contributed by atoms with van der Waals surface area (Å²) in [4.78, 5) is 39.2. The van der Waals surface area contributed by atoms with Crippen molar-refractivity contribution in [1.29, 1.82) is 0 Å². The van der Waals surface area contributed by atoms with Crippen molar-refractivity contribution in [3.05, 3.63) is 41.4 Å². The highest BCUT2D eigenvalue weighted by molar-refractivity contribution is 6.30. The van der Waals surface area contributed by atoms with Gasteiger partial charge in [-0.1, -0.05) is 29.8 Å². The van der Waals surface area contributed by atoms with Crippen LogP contribution in [0.2, 0.25) is 5.02 Å². The van der Waals surface area contributed by atoms with Gasteiger partial charge in [-0.3, -0.25) is 19.3 Å². The molecule has 2 saturated carbocycles. The van der Waals surface area contributed by atoms with Crippen molar-refractivity contribution in [2.75, 3.05) is 11.9 Å². The van der Waals surface area contributed by atoms with Gasteiger partial charge in [-0.05, 0) is 48.3 Å². The Balaban J connectivity index is 1.25. The van der Waals surface area contributed by atoms with E-state index in [2.05, 4.69) is 17.5 Å². The minimum Gasteiger partial charge on any atom is -0.326 e. The van der Waals surface area contributed by atoms with Crippen LogP contribution in [0.25, 0.3) is 0 Å². The molecule has 5 aliphatic rings. The summed E-state index contributed by atoms with van der Waals surface area (Å²) >= 11 is 5.91. The number of hydrogen-bond acceptors (Lipinski definition) is 3. The van der Waals surface area contributed by atoms with Gasteiger partial charge < -0.3 is 5.32 Å². The van der Waals surface area contributed by atoms with E-state index >= 15 is 0 Å². The Morgan fingerprint density at radius 3 is 2.38 bits per heavy atom. The number of halogens is 1. The number of amides is 3. The number of rotatable bonds is 4. The first-order valence-electron chi connectivity index (χ1n) is 9.13. The minimum atomic E-state index is -0.230. The first-order chi connectivity index (χ1) is 12.5. The van der Waals surface area contributed by atoms with Gasteiger partial charge in [0.25, 0.3) is 0 Å². The van der Waals surface area contributed by atoms with Crippen LogP contribution in [0.1, 0.15) is 12.8 Å². The minimum absolute atomic E-state index is 0.0831. The van der Waals surface area contributed by atoms with Crippen molar-refractivity contribution < 1.29 is 14.4 Å². The van der Waals surface area contributed by atoms with E-state index < -0.39 is 0 Å². The fourth-order valence-electron chi connectivity index (χ4n) is 5.24. The number of carbonyl (C=O) groups is 3. The summed E-state index contributed by atoms with van der Waals surface area (Å²) in [6.45, 7) is 0.145. The third-order valence-corrected chi connectivity index (χ3v) is 6.66. The quantitative estimate of drug-likeness (QED) is 0.654. The second-order valence-electron chi connectivity index (χ2n) is 7.79. The molecule has 1 heterocycles. The number of anilines is 1. The van der Waals surface area contributed by atoms with Gasteiger partial charge in [-0.25, -0.2) is 0 Å². The fraction of sp³-hybridized carbons (Fsp3) is 0.450. The second-order valence-corrected chi connectivity index (χ2v) is 8.23. The monoisotopic (exact) mass is 370 g/mol. The summed E-state index contributed by atoms with van der Waals surface area (Å²) in [7, 11) is 0. The average molecular weight is 371 g/mol. The summed E-state index contributed by atoms with van der Waals surface area (Å²) in [6.07, 6.45) is 5.55. The Labute approximate surface area is 156 Å². The lowest BCUT2D eigenvalue weighted by Crippen LogP contribution is -2.40. The zero-order valence-corrected chi connectivity index (χ0v) is 14.9. The fourth-order valence-corrected chi connectivity index (χ4v) is 5.43. The molecule has 2 bridgehead atoms. The predicted octanol–water partition coefficient (Wildman–Crippen LogP) is 2.72. The van der Waals surface area contributed by atoms with Crippen molar-refractivity contribution in [3.63, 3.8) is 0 Å². The molecule has 0 aromatic heterocycles. The van der Waals surface area contributed by atoms with E-state index in [9.17, 15) is 14.4 Å². The maximum absolute atomic E-state index is 12.8. The van der Waals surface area contributed by atoms with Crippen molar-refractivity contribution in [3.8, 4) is 0 Å². The van der Waals surface area contributed by atoms with Crippen molar-refractivity contribution in [2.45, 2.75) is 12.8 Å². The molecule has 3 fully saturated rings. The van der Waals surface area contributed by atoms with Crippen LogP contribution >= 0.6 is 11.6 Å². The Hall–Kier alpha value is -2.14. The van der Waals surface area contributed by atoms with Gasteiger partial charge in [0.1, 0.15) is 0 Å². The molecule has 0 unspecified atom stereocenters. The lowest BCUT2D eigenvalue weighted by molar-refractivity contribution is -0.140. The molecule has 6 heteroatoms. The Bertz CT molecular complexity index is 815. The summed E-state index contributed by atoms with van der Waals surface area (Å²) in [6, 6.07) is 6.90.